The molecule has 5 atom stereocenters. The topological polar surface area (TPSA) is 351 Å². The van der Waals surface area contributed by atoms with Crippen LogP contribution in [-0.2, 0) is 82.2 Å². The molecule has 0 bridgehead atoms. The summed E-state index contributed by atoms with van der Waals surface area (Å²) in [4.78, 5) is 110. The quantitative estimate of drug-likeness (QED) is 0.0512. The van der Waals surface area contributed by atoms with Crippen LogP contribution in [0, 0.1) is 11.8 Å². The van der Waals surface area contributed by atoms with Gasteiger partial charge < -0.3 is 40.8 Å². The fourth-order valence-corrected chi connectivity index (χ4v) is 7.03. The highest BCUT2D eigenvalue weighted by Gasteiger charge is 2.25. The minimum Gasteiger partial charge on any atom is -0.467 e. The maximum atomic E-state index is 11.5. The first-order chi connectivity index (χ1) is 32.1. The fraction of sp³-hybridized carbons (Fsp3) is 0.762. The number of rotatable bonds is 24. The molecule has 410 valence electrons. The molecule has 0 radical (unpaired) electrons. The Hall–Kier alpha value is -4.70. The smallest absolute Gasteiger partial charge is 0.328 e. The van der Waals surface area contributed by atoms with E-state index in [-0.39, 0.29) is 53.4 Å². The first-order valence-electron chi connectivity index (χ1n) is 21.7. The highest BCUT2D eigenvalue weighted by Crippen LogP contribution is 2.07. The van der Waals surface area contributed by atoms with Crippen molar-refractivity contribution < 1.29 is 79.0 Å². The molecule has 0 unspecified atom stereocenters. The number of ether oxygens (including phenoxy) is 3. The summed E-state index contributed by atoms with van der Waals surface area (Å²) in [6.45, 7) is 16.4. The lowest BCUT2D eigenvalue weighted by molar-refractivity contribution is -0.145. The normalized spacial score (nSPS) is 12.6. The number of hydrogen-bond donors (Lipinski definition) is 7. The van der Waals surface area contributed by atoms with Gasteiger partial charge in [-0.25, -0.2) is 31.2 Å². The molecule has 0 fully saturated rings. The minimum absolute atomic E-state index is 0.169. The van der Waals surface area contributed by atoms with Gasteiger partial charge in [-0.05, 0) is 68.0 Å². The van der Waals surface area contributed by atoms with Gasteiger partial charge in [-0.2, -0.15) is 23.5 Å². The predicted octanol–water partition coefficient (Wildman–Crippen LogP) is 0.525. The lowest BCUT2D eigenvalue weighted by Gasteiger charge is -2.18. The Kier molecular flexibility index (Phi) is 44.6. The highest BCUT2D eigenvalue weighted by atomic mass is 32.2. The van der Waals surface area contributed by atoms with Gasteiger partial charge >= 0.3 is 17.9 Å². The van der Waals surface area contributed by atoms with E-state index in [4.69, 9.17) is 0 Å². The molecule has 0 aliphatic heterocycles. The van der Waals surface area contributed by atoms with Crippen molar-refractivity contribution in [2.24, 2.45) is 11.8 Å². The molecule has 70 heavy (non-hydrogen) atoms. The summed E-state index contributed by atoms with van der Waals surface area (Å²) in [5.41, 5.74) is 0. The summed E-state index contributed by atoms with van der Waals surface area (Å²) in [7, 11) is -3.23. The van der Waals surface area contributed by atoms with Gasteiger partial charge in [-0.15, -0.1) is 0 Å². The van der Waals surface area contributed by atoms with E-state index in [2.05, 4.69) is 40.8 Å². The second-order valence-electron chi connectivity index (χ2n) is 15.9. The van der Waals surface area contributed by atoms with Crippen LogP contribution in [0.4, 0.5) is 0 Å². The molecule has 24 nitrogen and oxygen atoms in total. The van der Waals surface area contributed by atoms with Gasteiger partial charge in [-0.1, -0.05) is 41.0 Å². The molecule has 0 saturated carbocycles. The van der Waals surface area contributed by atoms with E-state index in [1.165, 1.54) is 67.7 Å². The van der Waals surface area contributed by atoms with Crippen molar-refractivity contribution in [2.45, 2.75) is 138 Å². The number of amides is 7. The number of carbonyl (C=O) groups excluding carboxylic acids is 10. The number of thioether (sulfide) groups is 2. The molecule has 0 heterocycles. The summed E-state index contributed by atoms with van der Waals surface area (Å²) in [6.07, 6.45) is 9.03. The molecular formula is C42H81N7O17S4. The third-order valence-electron chi connectivity index (χ3n) is 7.76. The third kappa shape index (κ3) is 49.7. The monoisotopic (exact) mass is 1080 g/mol. The molecule has 0 aromatic carbocycles. The van der Waals surface area contributed by atoms with Crippen LogP contribution in [0.1, 0.15) is 108 Å². The van der Waals surface area contributed by atoms with E-state index in [9.17, 15) is 64.8 Å². The average molecular weight is 1080 g/mol. The van der Waals surface area contributed by atoms with Gasteiger partial charge in [0, 0.05) is 34.6 Å². The summed E-state index contributed by atoms with van der Waals surface area (Å²) in [5, 5.41) is 12.4. The van der Waals surface area contributed by atoms with Gasteiger partial charge in [0.05, 0.1) is 33.8 Å². The molecule has 28 heteroatoms. The van der Waals surface area contributed by atoms with Crippen molar-refractivity contribution in [3.8, 4) is 0 Å². The average Bonchev–Trinajstić information content (AvgIpc) is 3.20. The molecular weight excluding hydrogens is 1000 g/mol. The zero-order valence-electron chi connectivity index (χ0n) is 43.8. The molecule has 7 amide bonds. The number of carbonyl (C=O) groups is 10. The van der Waals surface area contributed by atoms with Gasteiger partial charge in [0.2, 0.25) is 49.6 Å². The van der Waals surface area contributed by atoms with Crippen molar-refractivity contribution in [1.82, 2.24) is 36.0 Å². The zero-order valence-corrected chi connectivity index (χ0v) is 47.0. The van der Waals surface area contributed by atoms with Gasteiger partial charge in [-0.3, -0.25) is 43.0 Å². The first-order valence-corrected chi connectivity index (χ1v) is 28.2. The van der Waals surface area contributed by atoms with E-state index in [1.54, 1.807) is 11.8 Å². The summed E-state index contributed by atoms with van der Waals surface area (Å²) >= 11 is 3.14. The van der Waals surface area contributed by atoms with Crippen LogP contribution in [0.3, 0.4) is 0 Å². The molecule has 0 spiro atoms. The lowest BCUT2D eigenvalue weighted by atomic mass is 10.0. The highest BCUT2D eigenvalue weighted by molar-refractivity contribution is 7.98. The van der Waals surface area contributed by atoms with Crippen LogP contribution < -0.4 is 36.0 Å². The van der Waals surface area contributed by atoms with E-state index in [0.717, 1.165) is 24.7 Å². The summed E-state index contributed by atoms with van der Waals surface area (Å²) in [6, 6.07) is -3.12. The number of hydrogen-bond acceptors (Lipinski definition) is 19. The second kappa shape index (κ2) is 42.0. The van der Waals surface area contributed by atoms with Crippen LogP contribution in [0.15, 0.2) is 0 Å². The Morgan fingerprint density at radius 1 is 0.443 bits per heavy atom. The maximum Gasteiger partial charge on any atom is 0.328 e. The lowest BCUT2D eigenvalue weighted by Crippen LogP contribution is -2.48. The molecule has 0 aromatic rings. The van der Waals surface area contributed by atoms with Gasteiger partial charge in [0.25, 0.3) is 11.8 Å². The van der Waals surface area contributed by atoms with Crippen molar-refractivity contribution >= 4 is 103 Å². The van der Waals surface area contributed by atoms with E-state index < -0.39 is 62.1 Å². The molecule has 0 aromatic heterocycles. The van der Waals surface area contributed by atoms with Crippen molar-refractivity contribution in [3.63, 3.8) is 0 Å². The first kappa shape index (κ1) is 74.3. The Labute approximate surface area is 423 Å². The molecule has 0 aliphatic rings. The van der Waals surface area contributed by atoms with Crippen molar-refractivity contribution in [1.29, 1.82) is 0 Å². The van der Waals surface area contributed by atoms with Crippen molar-refractivity contribution in [2.75, 3.05) is 57.9 Å². The standard InChI is InChI=1S/C9H18N2O4S.C9H17NO3.C8H16N2O4S2.C8H15NO3S.C8H15NO3/c1-6(2)5-8(10-7(3)12)9(13)11-16(4,14)15;1-6(2)5-8(9(12)13-4)10-7(3)11;1-6(11)9-7(4-5-15-2)8(12)10-16(3,13)14;1-6(10)9-7(4-5-13-3)8(11)12-2;1-4-5-7(8(11)12-3)9-6(2)10/h6,8H,5H2,1-4H3,(H,10,12)(H,11,13);6,8H,5H2,1-4H3,(H,10,11);7H,4-5H2,1-3H3,(H,9,11)(H,10,12);7H,4-5H2,1-3H3,(H,9,10);7H,4-5H2,1-3H3,(H,9,10)/t2*8-;3*7-/m00000/s1. The maximum absolute atomic E-state index is 11.5. The van der Waals surface area contributed by atoms with Crippen LogP contribution in [0.2, 0.25) is 0 Å². The van der Waals surface area contributed by atoms with Crippen LogP contribution in [0.5, 0.6) is 0 Å². The van der Waals surface area contributed by atoms with Crippen LogP contribution >= 0.6 is 23.5 Å². The largest absolute Gasteiger partial charge is 0.467 e. The molecule has 0 rings (SSSR count). The number of methoxy groups -OCH3 is 3. The van der Waals surface area contributed by atoms with E-state index >= 15 is 0 Å². The summed E-state index contributed by atoms with van der Waals surface area (Å²) < 4.78 is 60.8. The van der Waals surface area contributed by atoms with Gasteiger partial charge in [0.1, 0.15) is 30.2 Å². The number of sulfonamides is 2. The second-order valence-corrected chi connectivity index (χ2v) is 21.4. The Balaban J connectivity index is -0.000000253. The number of esters is 3. The van der Waals surface area contributed by atoms with E-state index in [1.807, 2.05) is 56.6 Å². The predicted molar refractivity (Wildman–Crippen MR) is 270 cm³/mol. The van der Waals surface area contributed by atoms with Crippen LogP contribution in [-0.4, -0.2) is 164 Å². The third-order valence-corrected chi connectivity index (χ3v) is 10.2. The summed E-state index contributed by atoms with van der Waals surface area (Å²) in [5.74, 6) is -1.94. The molecule has 7 N–H and O–H groups in total. The fourth-order valence-electron chi connectivity index (χ4n) is 5.08. The van der Waals surface area contributed by atoms with Crippen LogP contribution in [0.25, 0.3) is 0 Å². The Morgan fingerprint density at radius 2 is 0.700 bits per heavy atom. The zero-order chi connectivity index (χ0) is 56.0. The minimum atomic E-state index is -3.59. The Morgan fingerprint density at radius 3 is 0.986 bits per heavy atom. The molecule has 0 aliphatic carbocycles. The van der Waals surface area contributed by atoms with Gasteiger partial charge in [0.15, 0.2) is 0 Å². The molecule has 0 saturated heterocycles. The Bertz CT molecular complexity index is 1850. The van der Waals surface area contributed by atoms with E-state index in [0.29, 0.717) is 43.8 Å². The SMILES string of the molecule is CC(=O)N[C@@H](CC(C)C)C(=O)NS(C)(=O)=O.CCC[C@H](NC(C)=O)C(=O)OC.COC(=O)[C@H](CC(C)C)NC(C)=O.COC(=O)[C@H](CCSC)NC(C)=O.CSCC[C@H](NC(C)=O)C(=O)NS(C)(=O)=O. The van der Waals surface area contributed by atoms with Crippen molar-refractivity contribution in [3.05, 3.63) is 0 Å². The number of nitrogens with one attached hydrogen (secondary N) is 7.